The Morgan fingerprint density at radius 2 is 2.40 bits per heavy atom. The normalized spacial score (nSPS) is 18.0. The Morgan fingerprint density at radius 3 is 2.60 bits per heavy atom. The number of aliphatic hydroxyl groups excluding tert-OH is 1. The third-order valence-electron chi connectivity index (χ3n) is 1.41. The molecule has 0 aromatic carbocycles. The van der Waals surface area contributed by atoms with Crippen LogP contribution in [0, 0.1) is 16.7 Å². The van der Waals surface area contributed by atoms with E-state index >= 15 is 0 Å². The molecule has 0 aliphatic carbocycles. The summed E-state index contributed by atoms with van der Waals surface area (Å²) in [6.07, 6.45) is 0. The zero-order valence-electron chi connectivity index (χ0n) is 5.55. The number of hydrogen-bond donors (Lipinski definition) is 2. The molecule has 0 saturated heterocycles. The summed E-state index contributed by atoms with van der Waals surface area (Å²) < 4.78 is 0. The zero-order chi connectivity index (χ0) is 7.72. The molecule has 0 saturated carbocycles. The molecule has 1 aliphatic heterocycles. The summed E-state index contributed by atoms with van der Waals surface area (Å²) in [6.45, 7) is 0.279. The Balaban J connectivity index is 2.99. The van der Waals surface area contributed by atoms with Crippen molar-refractivity contribution < 1.29 is 5.11 Å². The lowest BCUT2D eigenvalue weighted by Crippen LogP contribution is -2.20. The number of hydrogen-bond acceptors (Lipinski definition) is 3. The van der Waals surface area contributed by atoms with Crippen LogP contribution in [0.15, 0.2) is 11.3 Å². The number of likely N-dealkylation sites (N-methyl/N-ethyl adjacent to an activating group) is 1. The van der Waals surface area contributed by atoms with E-state index in [0.717, 1.165) is 0 Å². The highest BCUT2D eigenvalue weighted by atomic mass is 16.3. The Bertz CT molecular complexity index is 248. The first kappa shape index (κ1) is 6.62. The van der Waals surface area contributed by atoms with Crippen LogP contribution in [0.2, 0.25) is 0 Å². The van der Waals surface area contributed by atoms with E-state index in [-0.39, 0.29) is 23.7 Å². The van der Waals surface area contributed by atoms with Gasteiger partial charge in [0.2, 0.25) is 0 Å². The number of rotatable bonds is 0. The minimum Gasteiger partial charge on any atom is -0.509 e. The van der Waals surface area contributed by atoms with Crippen molar-refractivity contribution in [3.63, 3.8) is 0 Å². The molecule has 0 radical (unpaired) electrons. The van der Waals surface area contributed by atoms with E-state index in [9.17, 15) is 0 Å². The topological polar surface area (TPSA) is 71.1 Å². The molecule has 0 aromatic rings. The van der Waals surface area contributed by atoms with Crippen molar-refractivity contribution in [1.82, 2.24) is 4.90 Å². The van der Waals surface area contributed by atoms with Crippen molar-refractivity contribution in [2.45, 2.75) is 0 Å². The molecular weight excluding hydrogens is 130 g/mol. The largest absolute Gasteiger partial charge is 0.509 e. The Kier molecular flexibility index (Phi) is 1.34. The van der Waals surface area contributed by atoms with Crippen molar-refractivity contribution in [2.24, 2.45) is 0 Å². The number of nitriles is 1. The smallest absolute Gasteiger partial charge is 0.142 e. The molecule has 4 nitrogen and oxygen atoms in total. The van der Waals surface area contributed by atoms with E-state index in [2.05, 4.69) is 0 Å². The van der Waals surface area contributed by atoms with Crippen LogP contribution < -0.4 is 0 Å². The zero-order valence-corrected chi connectivity index (χ0v) is 5.55. The highest BCUT2D eigenvalue weighted by Gasteiger charge is 2.23. The first-order chi connectivity index (χ1) is 4.66. The number of nitrogens with zero attached hydrogens (tertiary/aromatic N) is 2. The maximum atomic E-state index is 9.00. The van der Waals surface area contributed by atoms with E-state index in [4.69, 9.17) is 15.8 Å². The lowest BCUT2D eigenvalue weighted by molar-refractivity contribution is 0.369. The van der Waals surface area contributed by atoms with E-state index in [0.29, 0.717) is 0 Å². The second kappa shape index (κ2) is 2.03. The fourth-order valence-electron chi connectivity index (χ4n) is 0.828. The second-order valence-corrected chi connectivity index (χ2v) is 2.14. The standard InChI is InChI=1S/C6H7N3O/c1-9-3-5(10)4(2-7)6(9)8/h8,10H,3H2,1H3. The Hall–Kier alpha value is -1.50. The molecule has 1 aliphatic rings. The van der Waals surface area contributed by atoms with Crippen LogP contribution in [0.5, 0.6) is 0 Å². The average Bonchev–Trinajstić information content (AvgIpc) is 2.09. The summed E-state index contributed by atoms with van der Waals surface area (Å²) in [5.74, 6) is 0.0926. The van der Waals surface area contributed by atoms with Crippen LogP contribution in [-0.2, 0) is 0 Å². The quantitative estimate of drug-likeness (QED) is 0.502. The van der Waals surface area contributed by atoms with Gasteiger partial charge >= 0.3 is 0 Å². The van der Waals surface area contributed by atoms with E-state index in [1.54, 1.807) is 13.1 Å². The first-order valence-electron chi connectivity index (χ1n) is 2.79. The van der Waals surface area contributed by atoms with Crippen molar-refractivity contribution >= 4 is 5.84 Å². The molecule has 1 rings (SSSR count). The van der Waals surface area contributed by atoms with Gasteiger partial charge in [0.25, 0.3) is 0 Å². The van der Waals surface area contributed by atoms with E-state index in [1.807, 2.05) is 0 Å². The Labute approximate surface area is 58.5 Å². The van der Waals surface area contributed by atoms with Crippen LogP contribution >= 0.6 is 0 Å². The summed E-state index contributed by atoms with van der Waals surface area (Å²) in [6, 6.07) is 1.76. The molecule has 2 N–H and O–H groups in total. The molecule has 0 amide bonds. The molecule has 10 heavy (non-hydrogen) atoms. The fourth-order valence-corrected chi connectivity index (χ4v) is 0.828. The number of aliphatic hydroxyl groups is 1. The minimum absolute atomic E-state index is 0.00463. The summed E-state index contributed by atoms with van der Waals surface area (Å²) in [5, 5.41) is 24.6. The Morgan fingerprint density at radius 1 is 1.80 bits per heavy atom. The number of nitrogens with one attached hydrogen (secondary N) is 1. The predicted molar refractivity (Wildman–Crippen MR) is 35.6 cm³/mol. The third kappa shape index (κ3) is 0.722. The maximum absolute atomic E-state index is 9.00. The summed E-state index contributed by atoms with van der Waals surface area (Å²) in [7, 11) is 1.66. The van der Waals surface area contributed by atoms with Gasteiger partial charge in [-0.1, -0.05) is 0 Å². The molecule has 52 valence electrons. The minimum atomic E-state index is -0.00463. The lowest BCUT2D eigenvalue weighted by atomic mass is 10.3. The highest BCUT2D eigenvalue weighted by molar-refractivity contribution is 6.02. The van der Waals surface area contributed by atoms with Gasteiger partial charge in [0, 0.05) is 7.05 Å². The molecular formula is C6H7N3O. The van der Waals surface area contributed by atoms with Crippen LogP contribution in [0.1, 0.15) is 0 Å². The molecule has 0 atom stereocenters. The molecule has 0 bridgehead atoms. The third-order valence-corrected chi connectivity index (χ3v) is 1.41. The van der Waals surface area contributed by atoms with Gasteiger partial charge in [0.05, 0.1) is 6.54 Å². The van der Waals surface area contributed by atoms with Crippen LogP contribution in [-0.4, -0.2) is 29.4 Å². The molecule has 4 heteroatoms. The summed E-state index contributed by atoms with van der Waals surface area (Å²) >= 11 is 0. The summed E-state index contributed by atoms with van der Waals surface area (Å²) in [4.78, 5) is 1.51. The van der Waals surface area contributed by atoms with E-state index < -0.39 is 0 Å². The lowest BCUT2D eigenvalue weighted by Gasteiger charge is -2.07. The van der Waals surface area contributed by atoms with Gasteiger partial charge in [-0.3, -0.25) is 5.41 Å². The van der Waals surface area contributed by atoms with Gasteiger partial charge in [-0.2, -0.15) is 5.26 Å². The average molecular weight is 137 g/mol. The molecule has 0 unspecified atom stereocenters. The highest BCUT2D eigenvalue weighted by Crippen LogP contribution is 2.13. The van der Waals surface area contributed by atoms with Gasteiger partial charge in [-0.15, -0.1) is 0 Å². The number of amidine groups is 1. The molecule has 0 spiro atoms. The van der Waals surface area contributed by atoms with Crippen LogP contribution in [0.3, 0.4) is 0 Å². The molecule has 0 fully saturated rings. The van der Waals surface area contributed by atoms with Gasteiger partial charge in [-0.25, -0.2) is 0 Å². The van der Waals surface area contributed by atoms with Crippen molar-refractivity contribution in [1.29, 1.82) is 10.7 Å². The second-order valence-electron chi connectivity index (χ2n) is 2.14. The predicted octanol–water partition coefficient (Wildman–Crippen LogP) is 0.245. The van der Waals surface area contributed by atoms with Crippen molar-refractivity contribution in [3.8, 4) is 6.07 Å². The fraction of sp³-hybridized carbons (Fsp3) is 0.333. The first-order valence-corrected chi connectivity index (χ1v) is 2.79. The van der Waals surface area contributed by atoms with Gasteiger partial charge in [-0.05, 0) is 0 Å². The van der Waals surface area contributed by atoms with Gasteiger partial charge < -0.3 is 10.0 Å². The van der Waals surface area contributed by atoms with E-state index in [1.165, 1.54) is 4.90 Å². The van der Waals surface area contributed by atoms with Gasteiger partial charge in [0.1, 0.15) is 23.2 Å². The van der Waals surface area contributed by atoms with Crippen molar-refractivity contribution in [2.75, 3.05) is 13.6 Å². The van der Waals surface area contributed by atoms with Crippen molar-refractivity contribution in [3.05, 3.63) is 11.3 Å². The monoisotopic (exact) mass is 137 g/mol. The van der Waals surface area contributed by atoms with Gasteiger partial charge in [0.15, 0.2) is 0 Å². The summed E-state index contributed by atoms with van der Waals surface area (Å²) in [5.41, 5.74) is 0.0856. The molecule has 1 heterocycles. The molecule has 0 aromatic heterocycles. The maximum Gasteiger partial charge on any atom is 0.142 e. The van der Waals surface area contributed by atoms with Crippen LogP contribution in [0.25, 0.3) is 0 Å². The SMILES string of the molecule is CN1CC(O)=C(C#N)C1=N. The van der Waals surface area contributed by atoms with Crippen LogP contribution in [0.4, 0.5) is 0 Å².